The van der Waals surface area contributed by atoms with Gasteiger partial charge < -0.3 is 4.74 Å². The number of carbonyl (C=O) groups is 1. The second kappa shape index (κ2) is 10.4. The fraction of sp³-hybridized carbons (Fsp3) is 0.423. The summed E-state index contributed by atoms with van der Waals surface area (Å²) in [6.45, 7) is 17.4. The molecule has 0 spiro atoms. The lowest BCUT2D eigenvalue weighted by Gasteiger charge is -2.32. The normalized spacial score (nSPS) is 12.4. The Morgan fingerprint density at radius 2 is 1.66 bits per heavy atom. The van der Waals surface area contributed by atoms with Crippen molar-refractivity contribution in [2.45, 2.75) is 66.0 Å². The quantitative estimate of drug-likeness (QED) is 0.292. The van der Waals surface area contributed by atoms with Gasteiger partial charge in [-0.2, -0.15) is 0 Å². The van der Waals surface area contributed by atoms with Crippen LogP contribution < -0.4 is 4.74 Å². The van der Waals surface area contributed by atoms with Crippen molar-refractivity contribution >= 4 is 5.97 Å². The number of hydrogen-bond donors (Lipinski definition) is 0. The van der Waals surface area contributed by atoms with Crippen LogP contribution in [0.15, 0.2) is 60.7 Å². The SMILES string of the molecule is C=C(C)C(=O)Oc1ccc(C)cc1C(CCN(C(C)C)C(C)C)c1ccccc1. The zero-order valence-corrected chi connectivity index (χ0v) is 18.7. The molecule has 0 saturated carbocycles. The van der Waals surface area contributed by atoms with Gasteiger partial charge in [0.05, 0.1) is 0 Å². The number of benzene rings is 2. The van der Waals surface area contributed by atoms with Crippen molar-refractivity contribution in [3.05, 3.63) is 77.4 Å². The number of rotatable bonds is 9. The largest absolute Gasteiger partial charge is 0.423 e. The molecular weight excluding hydrogens is 358 g/mol. The molecule has 0 fully saturated rings. The zero-order chi connectivity index (χ0) is 21.6. The van der Waals surface area contributed by atoms with Crippen molar-refractivity contribution in [1.29, 1.82) is 0 Å². The third kappa shape index (κ3) is 6.30. The summed E-state index contributed by atoms with van der Waals surface area (Å²) in [6.07, 6.45) is 0.946. The number of esters is 1. The molecule has 0 amide bonds. The maximum absolute atomic E-state index is 12.2. The second-order valence-corrected chi connectivity index (χ2v) is 8.39. The van der Waals surface area contributed by atoms with Crippen LogP contribution in [0, 0.1) is 6.92 Å². The van der Waals surface area contributed by atoms with E-state index in [-0.39, 0.29) is 11.9 Å². The monoisotopic (exact) mass is 393 g/mol. The predicted octanol–water partition coefficient (Wildman–Crippen LogP) is 6.12. The van der Waals surface area contributed by atoms with Gasteiger partial charge in [-0.25, -0.2) is 4.79 Å². The molecule has 2 aromatic rings. The average Bonchev–Trinajstić information content (AvgIpc) is 2.66. The first-order valence-electron chi connectivity index (χ1n) is 10.5. The summed E-state index contributed by atoms with van der Waals surface area (Å²) < 4.78 is 5.71. The maximum Gasteiger partial charge on any atom is 0.338 e. The van der Waals surface area contributed by atoms with Crippen molar-refractivity contribution in [2.75, 3.05) is 6.54 Å². The van der Waals surface area contributed by atoms with E-state index in [1.54, 1.807) is 6.92 Å². The zero-order valence-electron chi connectivity index (χ0n) is 18.7. The number of nitrogens with zero attached hydrogens (tertiary/aromatic N) is 1. The van der Waals surface area contributed by atoms with Gasteiger partial charge in [0.15, 0.2) is 0 Å². The van der Waals surface area contributed by atoms with Gasteiger partial charge >= 0.3 is 5.97 Å². The molecule has 2 aromatic carbocycles. The van der Waals surface area contributed by atoms with Crippen molar-refractivity contribution < 1.29 is 9.53 Å². The highest BCUT2D eigenvalue weighted by Gasteiger charge is 2.23. The Kier molecular flexibility index (Phi) is 8.21. The van der Waals surface area contributed by atoms with Gasteiger partial charge in [-0.05, 0) is 66.1 Å². The molecule has 29 heavy (non-hydrogen) atoms. The molecule has 3 nitrogen and oxygen atoms in total. The van der Waals surface area contributed by atoms with Crippen molar-refractivity contribution in [2.24, 2.45) is 0 Å². The lowest BCUT2D eigenvalue weighted by Crippen LogP contribution is -2.38. The summed E-state index contributed by atoms with van der Waals surface area (Å²) in [5.41, 5.74) is 3.84. The first-order chi connectivity index (χ1) is 13.7. The van der Waals surface area contributed by atoms with Gasteiger partial charge in [0.25, 0.3) is 0 Å². The van der Waals surface area contributed by atoms with Gasteiger partial charge in [0, 0.05) is 29.1 Å². The Balaban J connectivity index is 2.45. The van der Waals surface area contributed by atoms with Gasteiger partial charge in [-0.3, -0.25) is 4.90 Å². The van der Waals surface area contributed by atoms with Gasteiger partial charge in [-0.1, -0.05) is 54.6 Å². The predicted molar refractivity (Wildman–Crippen MR) is 122 cm³/mol. The third-order valence-corrected chi connectivity index (χ3v) is 5.30. The van der Waals surface area contributed by atoms with Crippen LogP contribution >= 0.6 is 0 Å². The van der Waals surface area contributed by atoms with E-state index in [0.29, 0.717) is 23.4 Å². The molecule has 1 atom stereocenters. The molecule has 156 valence electrons. The Bertz CT molecular complexity index is 816. The van der Waals surface area contributed by atoms with Crippen LogP contribution in [0.5, 0.6) is 5.75 Å². The van der Waals surface area contributed by atoms with Crippen LogP contribution in [0.1, 0.15) is 63.6 Å². The van der Waals surface area contributed by atoms with E-state index in [1.165, 1.54) is 5.56 Å². The fourth-order valence-electron chi connectivity index (χ4n) is 3.80. The summed E-state index contributed by atoms with van der Waals surface area (Å²) in [6, 6.07) is 17.5. The minimum absolute atomic E-state index is 0.143. The molecule has 0 radical (unpaired) electrons. The van der Waals surface area contributed by atoms with Crippen LogP contribution in [-0.2, 0) is 4.79 Å². The lowest BCUT2D eigenvalue weighted by molar-refractivity contribution is -0.130. The van der Waals surface area contributed by atoms with E-state index in [4.69, 9.17) is 4.74 Å². The Labute approximate surface area is 176 Å². The van der Waals surface area contributed by atoms with E-state index in [0.717, 1.165) is 24.1 Å². The van der Waals surface area contributed by atoms with Crippen molar-refractivity contribution in [1.82, 2.24) is 4.90 Å². The number of aryl methyl sites for hydroxylation is 1. The van der Waals surface area contributed by atoms with E-state index < -0.39 is 0 Å². The first-order valence-corrected chi connectivity index (χ1v) is 10.5. The minimum Gasteiger partial charge on any atom is -0.423 e. The van der Waals surface area contributed by atoms with E-state index in [2.05, 4.69) is 76.4 Å². The van der Waals surface area contributed by atoms with Gasteiger partial charge in [-0.15, -0.1) is 0 Å². The molecule has 3 heteroatoms. The number of hydrogen-bond acceptors (Lipinski definition) is 3. The maximum atomic E-state index is 12.2. The topological polar surface area (TPSA) is 29.5 Å². The van der Waals surface area contributed by atoms with Crippen molar-refractivity contribution in [3.63, 3.8) is 0 Å². The molecule has 0 bridgehead atoms. The summed E-state index contributed by atoms with van der Waals surface area (Å²) in [5, 5.41) is 0. The summed E-state index contributed by atoms with van der Waals surface area (Å²) in [5.74, 6) is 0.384. The molecular formula is C26H35NO2. The second-order valence-electron chi connectivity index (χ2n) is 8.39. The molecule has 0 aliphatic rings. The number of ether oxygens (including phenoxy) is 1. The van der Waals surface area contributed by atoms with E-state index in [9.17, 15) is 4.79 Å². The molecule has 1 unspecified atom stereocenters. The third-order valence-electron chi connectivity index (χ3n) is 5.30. The standard InChI is InChI=1S/C26H35NO2/c1-18(2)26(28)29-25-14-13-21(7)17-24(25)23(22-11-9-8-10-12-22)15-16-27(19(3)4)20(5)6/h8-14,17,19-20,23H,1,15-16H2,2-7H3. The molecule has 0 saturated heterocycles. The van der Waals surface area contributed by atoms with Crippen LogP contribution in [0.25, 0.3) is 0 Å². The molecule has 0 aliphatic heterocycles. The lowest BCUT2D eigenvalue weighted by atomic mass is 9.86. The Morgan fingerprint density at radius 1 is 1.03 bits per heavy atom. The summed E-state index contributed by atoms with van der Waals surface area (Å²) in [4.78, 5) is 14.7. The molecule has 0 N–H and O–H groups in total. The average molecular weight is 394 g/mol. The fourth-order valence-corrected chi connectivity index (χ4v) is 3.80. The molecule has 0 aromatic heterocycles. The Morgan fingerprint density at radius 3 is 2.21 bits per heavy atom. The smallest absolute Gasteiger partial charge is 0.338 e. The molecule has 2 rings (SSSR count). The minimum atomic E-state index is -0.382. The van der Waals surface area contributed by atoms with Crippen LogP contribution in [0.4, 0.5) is 0 Å². The van der Waals surface area contributed by atoms with Gasteiger partial charge in [0.1, 0.15) is 5.75 Å². The highest BCUT2D eigenvalue weighted by Crippen LogP contribution is 2.36. The van der Waals surface area contributed by atoms with Crippen molar-refractivity contribution in [3.8, 4) is 5.75 Å². The van der Waals surface area contributed by atoms with Crippen LogP contribution in [0.2, 0.25) is 0 Å². The van der Waals surface area contributed by atoms with E-state index in [1.807, 2.05) is 18.2 Å². The van der Waals surface area contributed by atoms with Crippen LogP contribution in [-0.4, -0.2) is 29.5 Å². The van der Waals surface area contributed by atoms with E-state index >= 15 is 0 Å². The highest BCUT2D eigenvalue weighted by molar-refractivity contribution is 5.89. The summed E-state index contributed by atoms with van der Waals surface area (Å²) >= 11 is 0. The molecule has 0 heterocycles. The van der Waals surface area contributed by atoms with Crippen LogP contribution in [0.3, 0.4) is 0 Å². The van der Waals surface area contributed by atoms with Gasteiger partial charge in [0.2, 0.25) is 0 Å². The summed E-state index contributed by atoms with van der Waals surface area (Å²) in [7, 11) is 0. The first kappa shape index (κ1) is 22.9. The number of carbonyl (C=O) groups excluding carboxylic acids is 1. The molecule has 0 aliphatic carbocycles. The Hall–Kier alpha value is -2.39. The highest BCUT2D eigenvalue weighted by atomic mass is 16.5.